The number of nitrogens with zero attached hydrogens (tertiary/aromatic N) is 2. The van der Waals surface area contributed by atoms with Crippen molar-refractivity contribution in [2.24, 2.45) is 0 Å². The molecular formula is C22H24N4O2. The lowest BCUT2D eigenvalue weighted by Gasteiger charge is -2.14. The highest BCUT2D eigenvalue weighted by Gasteiger charge is 2.19. The van der Waals surface area contributed by atoms with Gasteiger partial charge in [0.05, 0.1) is 17.6 Å². The Kier molecular flexibility index (Phi) is 5.37. The van der Waals surface area contributed by atoms with Crippen molar-refractivity contribution in [3.63, 3.8) is 0 Å². The summed E-state index contributed by atoms with van der Waals surface area (Å²) >= 11 is 0. The van der Waals surface area contributed by atoms with Crippen LogP contribution >= 0.6 is 0 Å². The second kappa shape index (κ2) is 8.25. The maximum Gasteiger partial charge on any atom is 0.251 e. The van der Waals surface area contributed by atoms with Crippen molar-refractivity contribution in [2.75, 3.05) is 0 Å². The number of carbonyl (C=O) groups is 2. The van der Waals surface area contributed by atoms with Crippen molar-refractivity contribution >= 4 is 22.8 Å². The second-order valence-electron chi connectivity index (χ2n) is 7.20. The van der Waals surface area contributed by atoms with Crippen molar-refractivity contribution in [3.8, 4) is 0 Å². The molecule has 1 saturated carbocycles. The zero-order chi connectivity index (χ0) is 19.3. The van der Waals surface area contributed by atoms with Crippen LogP contribution in [0.25, 0.3) is 11.0 Å². The van der Waals surface area contributed by atoms with E-state index in [9.17, 15) is 9.59 Å². The van der Waals surface area contributed by atoms with E-state index in [0.29, 0.717) is 11.4 Å². The molecule has 1 aromatic heterocycles. The molecule has 0 bridgehead atoms. The number of amides is 2. The van der Waals surface area contributed by atoms with Gasteiger partial charge in [-0.3, -0.25) is 9.59 Å². The normalized spacial score (nSPS) is 14.3. The van der Waals surface area contributed by atoms with E-state index in [2.05, 4.69) is 15.6 Å². The molecule has 6 nitrogen and oxygen atoms in total. The summed E-state index contributed by atoms with van der Waals surface area (Å²) in [4.78, 5) is 29.6. The Bertz CT molecular complexity index is 975. The predicted octanol–water partition coefficient (Wildman–Crippen LogP) is 3.03. The van der Waals surface area contributed by atoms with Crippen LogP contribution in [0.5, 0.6) is 0 Å². The third-order valence-electron chi connectivity index (χ3n) is 5.20. The van der Waals surface area contributed by atoms with E-state index in [1.54, 1.807) is 12.1 Å². The summed E-state index contributed by atoms with van der Waals surface area (Å²) in [5.74, 6) is 0.507. The summed E-state index contributed by atoms with van der Waals surface area (Å²) in [6, 6.07) is 17.1. The van der Waals surface area contributed by atoms with Gasteiger partial charge in [-0.15, -0.1) is 0 Å². The molecule has 2 aromatic carbocycles. The molecule has 0 radical (unpaired) electrons. The summed E-state index contributed by atoms with van der Waals surface area (Å²) in [6.45, 7) is 0.465. The van der Waals surface area contributed by atoms with Gasteiger partial charge in [-0.25, -0.2) is 4.98 Å². The van der Waals surface area contributed by atoms with Crippen LogP contribution in [-0.4, -0.2) is 27.4 Å². The number of benzene rings is 2. The Labute approximate surface area is 164 Å². The number of carbonyl (C=O) groups excluding carboxylic acids is 2. The summed E-state index contributed by atoms with van der Waals surface area (Å²) in [5.41, 5.74) is 2.32. The number of fused-ring (bicyclic) bond motifs is 1. The molecule has 2 amide bonds. The van der Waals surface area contributed by atoms with Gasteiger partial charge in [-0.05, 0) is 37.1 Å². The van der Waals surface area contributed by atoms with E-state index in [0.717, 1.165) is 23.9 Å². The molecule has 0 atom stereocenters. The molecule has 1 fully saturated rings. The van der Waals surface area contributed by atoms with Gasteiger partial charge in [0.2, 0.25) is 5.91 Å². The van der Waals surface area contributed by atoms with Gasteiger partial charge in [0.15, 0.2) is 0 Å². The Hall–Kier alpha value is -3.15. The smallest absolute Gasteiger partial charge is 0.251 e. The first-order valence-corrected chi connectivity index (χ1v) is 9.77. The van der Waals surface area contributed by atoms with Crippen LogP contribution in [0.15, 0.2) is 54.6 Å². The third-order valence-corrected chi connectivity index (χ3v) is 5.20. The number of rotatable bonds is 6. The maximum absolute atomic E-state index is 12.6. The second-order valence-corrected chi connectivity index (χ2v) is 7.20. The van der Waals surface area contributed by atoms with Crippen LogP contribution in [0.2, 0.25) is 0 Å². The highest BCUT2D eigenvalue weighted by molar-refractivity contribution is 5.94. The van der Waals surface area contributed by atoms with Crippen molar-refractivity contribution in [1.29, 1.82) is 0 Å². The standard InChI is InChI=1S/C22H24N4O2/c27-21(24-17-10-4-5-11-17)15-26-19-13-7-6-12-18(19)25-20(26)14-23-22(28)16-8-2-1-3-9-16/h1-3,6-9,12-13,17H,4-5,10-11,14-15H2,(H,23,28)(H,24,27). The Morgan fingerprint density at radius 1 is 1.00 bits per heavy atom. The molecule has 2 N–H and O–H groups in total. The zero-order valence-corrected chi connectivity index (χ0v) is 15.7. The van der Waals surface area contributed by atoms with Gasteiger partial charge in [0.1, 0.15) is 12.4 Å². The monoisotopic (exact) mass is 376 g/mol. The van der Waals surface area contributed by atoms with Gasteiger partial charge < -0.3 is 15.2 Å². The average molecular weight is 376 g/mol. The van der Waals surface area contributed by atoms with Crippen LogP contribution in [-0.2, 0) is 17.9 Å². The molecule has 6 heteroatoms. The molecule has 1 heterocycles. The number of hydrogen-bond donors (Lipinski definition) is 2. The molecule has 0 spiro atoms. The van der Waals surface area contributed by atoms with Crippen molar-refractivity contribution < 1.29 is 9.59 Å². The van der Waals surface area contributed by atoms with Crippen molar-refractivity contribution in [2.45, 2.75) is 44.8 Å². The average Bonchev–Trinajstić information content (AvgIpc) is 3.35. The van der Waals surface area contributed by atoms with Gasteiger partial charge >= 0.3 is 0 Å². The van der Waals surface area contributed by atoms with Gasteiger partial charge in [0.25, 0.3) is 5.91 Å². The molecule has 0 unspecified atom stereocenters. The SMILES string of the molecule is O=C(Cn1c(CNC(=O)c2ccccc2)nc2ccccc21)NC1CCCC1. The van der Waals surface area contributed by atoms with Gasteiger partial charge in [-0.1, -0.05) is 43.2 Å². The Balaban J connectivity index is 1.51. The molecular weight excluding hydrogens is 352 g/mol. The van der Waals surface area contributed by atoms with E-state index in [4.69, 9.17) is 0 Å². The molecule has 144 valence electrons. The summed E-state index contributed by atoms with van der Waals surface area (Å²) in [6.07, 6.45) is 4.46. The fourth-order valence-electron chi connectivity index (χ4n) is 3.77. The lowest BCUT2D eigenvalue weighted by molar-refractivity contribution is -0.122. The molecule has 0 saturated heterocycles. The molecule has 1 aliphatic rings. The topological polar surface area (TPSA) is 76.0 Å². The lowest BCUT2D eigenvalue weighted by Crippen LogP contribution is -2.35. The first-order valence-electron chi connectivity index (χ1n) is 9.77. The van der Waals surface area contributed by atoms with Gasteiger partial charge in [0, 0.05) is 11.6 Å². The van der Waals surface area contributed by atoms with E-state index in [-0.39, 0.29) is 30.9 Å². The van der Waals surface area contributed by atoms with E-state index >= 15 is 0 Å². The van der Waals surface area contributed by atoms with Gasteiger partial charge in [-0.2, -0.15) is 0 Å². The highest BCUT2D eigenvalue weighted by atomic mass is 16.2. The molecule has 4 rings (SSSR count). The quantitative estimate of drug-likeness (QED) is 0.694. The first kappa shape index (κ1) is 18.2. The summed E-state index contributed by atoms with van der Waals surface area (Å²) in [5, 5.41) is 6.03. The Morgan fingerprint density at radius 3 is 2.50 bits per heavy atom. The largest absolute Gasteiger partial charge is 0.352 e. The predicted molar refractivity (Wildman–Crippen MR) is 108 cm³/mol. The minimum Gasteiger partial charge on any atom is -0.352 e. The summed E-state index contributed by atoms with van der Waals surface area (Å²) in [7, 11) is 0. The molecule has 3 aromatic rings. The first-order chi connectivity index (χ1) is 13.7. The van der Waals surface area contributed by atoms with E-state index < -0.39 is 0 Å². The van der Waals surface area contributed by atoms with E-state index in [1.807, 2.05) is 47.0 Å². The number of imidazole rings is 1. The van der Waals surface area contributed by atoms with Crippen LogP contribution < -0.4 is 10.6 Å². The number of aromatic nitrogens is 2. The fraction of sp³-hybridized carbons (Fsp3) is 0.318. The lowest BCUT2D eigenvalue weighted by atomic mass is 10.2. The highest BCUT2D eigenvalue weighted by Crippen LogP contribution is 2.19. The molecule has 28 heavy (non-hydrogen) atoms. The number of nitrogens with one attached hydrogen (secondary N) is 2. The maximum atomic E-state index is 12.6. The number of hydrogen-bond acceptors (Lipinski definition) is 3. The fourth-order valence-corrected chi connectivity index (χ4v) is 3.77. The third kappa shape index (κ3) is 4.06. The van der Waals surface area contributed by atoms with Crippen LogP contribution in [0.1, 0.15) is 41.9 Å². The van der Waals surface area contributed by atoms with Crippen LogP contribution in [0, 0.1) is 0 Å². The molecule has 1 aliphatic carbocycles. The van der Waals surface area contributed by atoms with E-state index in [1.165, 1.54) is 12.8 Å². The van der Waals surface area contributed by atoms with Crippen molar-refractivity contribution in [1.82, 2.24) is 20.2 Å². The molecule has 0 aliphatic heterocycles. The minimum atomic E-state index is -0.158. The van der Waals surface area contributed by atoms with Crippen molar-refractivity contribution in [3.05, 3.63) is 66.0 Å². The number of para-hydroxylation sites is 2. The minimum absolute atomic E-state index is 0.00862. The van der Waals surface area contributed by atoms with Crippen LogP contribution in [0.3, 0.4) is 0 Å². The summed E-state index contributed by atoms with van der Waals surface area (Å²) < 4.78 is 1.89. The van der Waals surface area contributed by atoms with Crippen LogP contribution in [0.4, 0.5) is 0 Å². The Morgan fingerprint density at radius 2 is 1.71 bits per heavy atom. The zero-order valence-electron chi connectivity index (χ0n) is 15.7.